The van der Waals surface area contributed by atoms with Crippen LogP contribution in [-0.2, 0) is 29.4 Å². The van der Waals surface area contributed by atoms with Crippen molar-refractivity contribution >= 4 is 31.0 Å². The van der Waals surface area contributed by atoms with E-state index in [-0.39, 0.29) is 23.2 Å². The Balaban J connectivity index is 1.45. The molecule has 1 atom stereocenters. The summed E-state index contributed by atoms with van der Waals surface area (Å²) in [4.78, 5) is 27.2. The highest BCUT2D eigenvalue weighted by molar-refractivity contribution is 6.74. The number of hydrogen-bond donors (Lipinski definition) is 2. The van der Waals surface area contributed by atoms with Gasteiger partial charge in [0.05, 0.1) is 12.2 Å². The van der Waals surface area contributed by atoms with Crippen molar-refractivity contribution in [1.82, 2.24) is 24.3 Å². The van der Waals surface area contributed by atoms with Gasteiger partial charge in [-0.25, -0.2) is 19.3 Å². The van der Waals surface area contributed by atoms with Gasteiger partial charge in [-0.3, -0.25) is 4.79 Å². The molecule has 1 aliphatic rings. The maximum absolute atomic E-state index is 13.3. The van der Waals surface area contributed by atoms with Gasteiger partial charge in [-0.15, -0.1) is 6.58 Å². The number of fused-ring (bicyclic) bond motifs is 2. The van der Waals surface area contributed by atoms with Crippen molar-refractivity contribution in [3.8, 4) is 5.82 Å². The SMILES string of the molecule is C=CCn1c(=O)c2cnc(Nc3ccc4c(c3)CCC(O[Si](C)(C)C(C)(C)C)C4)nc2n1-c1cccc(C(C)(C)O)n1. The van der Waals surface area contributed by atoms with Gasteiger partial charge in [0, 0.05) is 18.0 Å². The van der Waals surface area contributed by atoms with Gasteiger partial charge in [0.1, 0.15) is 11.0 Å². The second-order valence-electron chi connectivity index (χ2n) is 13.2. The molecule has 0 bridgehead atoms. The fraction of sp³-hybridized carbons (Fsp3) is 0.438. The van der Waals surface area contributed by atoms with Gasteiger partial charge in [0.2, 0.25) is 5.95 Å². The van der Waals surface area contributed by atoms with E-state index in [0.717, 1.165) is 24.9 Å². The van der Waals surface area contributed by atoms with Crippen LogP contribution < -0.4 is 10.9 Å². The van der Waals surface area contributed by atoms with Crippen LogP contribution in [0.3, 0.4) is 0 Å². The Morgan fingerprint density at radius 3 is 2.60 bits per heavy atom. The van der Waals surface area contributed by atoms with Crippen LogP contribution in [0, 0.1) is 0 Å². The number of aliphatic hydroxyl groups is 1. The quantitative estimate of drug-likeness (QED) is 0.192. The van der Waals surface area contributed by atoms with E-state index in [0.29, 0.717) is 28.5 Å². The number of nitrogens with zero attached hydrogens (tertiary/aromatic N) is 5. The van der Waals surface area contributed by atoms with Gasteiger partial charge in [-0.1, -0.05) is 39.0 Å². The van der Waals surface area contributed by atoms with Crippen molar-refractivity contribution in [2.45, 2.75) is 90.3 Å². The molecule has 42 heavy (non-hydrogen) atoms. The van der Waals surface area contributed by atoms with Crippen LogP contribution in [-0.4, -0.2) is 43.8 Å². The first-order valence-corrected chi connectivity index (χ1v) is 17.4. The Kier molecular flexibility index (Phi) is 7.76. The molecule has 1 aliphatic carbocycles. The molecule has 0 saturated heterocycles. The number of anilines is 2. The van der Waals surface area contributed by atoms with Crippen molar-refractivity contribution < 1.29 is 9.53 Å². The molecular formula is C32H42N6O3Si. The Bertz CT molecular complexity index is 1690. The minimum absolute atomic E-state index is 0.189. The molecule has 0 saturated carbocycles. The van der Waals surface area contributed by atoms with Gasteiger partial charge in [0.15, 0.2) is 19.8 Å². The molecule has 2 N–H and O–H groups in total. The number of hydrogen-bond acceptors (Lipinski definition) is 7. The minimum atomic E-state index is -1.82. The molecule has 10 heteroatoms. The van der Waals surface area contributed by atoms with Crippen molar-refractivity contribution in [1.29, 1.82) is 0 Å². The van der Waals surface area contributed by atoms with Crippen LogP contribution in [0.5, 0.6) is 0 Å². The topological polar surface area (TPSA) is 107 Å². The average Bonchev–Trinajstić information content (AvgIpc) is 3.18. The van der Waals surface area contributed by atoms with Crippen molar-refractivity contribution in [3.05, 3.63) is 82.4 Å². The number of pyridine rings is 1. The predicted molar refractivity (Wildman–Crippen MR) is 170 cm³/mol. The lowest BCUT2D eigenvalue weighted by atomic mass is 9.89. The molecule has 0 aliphatic heterocycles. The van der Waals surface area contributed by atoms with E-state index in [4.69, 9.17) is 9.41 Å². The third-order valence-corrected chi connectivity index (χ3v) is 13.0. The molecule has 3 aromatic heterocycles. The third-order valence-electron chi connectivity index (χ3n) is 8.47. The lowest BCUT2D eigenvalue weighted by Crippen LogP contribution is -2.45. The molecule has 5 rings (SSSR count). The van der Waals surface area contributed by atoms with Crippen LogP contribution in [0.15, 0.2) is 60.0 Å². The maximum Gasteiger partial charge on any atom is 0.278 e. The average molecular weight is 587 g/mol. The molecule has 3 heterocycles. The predicted octanol–water partition coefficient (Wildman–Crippen LogP) is 6.01. The summed E-state index contributed by atoms with van der Waals surface area (Å²) in [5.41, 5.74) is 3.03. The van der Waals surface area contributed by atoms with Crippen LogP contribution in [0.1, 0.15) is 57.9 Å². The molecule has 1 unspecified atom stereocenters. The van der Waals surface area contributed by atoms with E-state index in [1.807, 2.05) is 6.07 Å². The van der Waals surface area contributed by atoms with Crippen LogP contribution in [0.2, 0.25) is 18.1 Å². The fourth-order valence-electron chi connectivity index (χ4n) is 5.11. The first-order chi connectivity index (χ1) is 19.7. The normalized spacial score (nSPS) is 16.0. The minimum Gasteiger partial charge on any atom is -0.414 e. The fourth-order valence-corrected chi connectivity index (χ4v) is 6.50. The highest BCUT2D eigenvalue weighted by Gasteiger charge is 2.39. The number of aromatic nitrogens is 5. The molecule has 4 aromatic rings. The Labute approximate surface area is 248 Å². The summed E-state index contributed by atoms with van der Waals surface area (Å²) in [6, 6.07) is 11.7. The number of aryl methyl sites for hydroxylation is 1. The summed E-state index contributed by atoms with van der Waals surface area (Å²) in [6.07, 6.45) is 6.33. The lowest BCUT2D eigenvalue weighted by molar-refractivity contribution is 0.0738. The van der Waals surface area contributed by atoms with Crippen LogP contribution in [0.4, 0.5) is 11.6 Å². The second kappa shape index (κ2) is 10.9. The van der Waals surface area contributed by atoms with Crippen molar-refractivity contribution in [3.63, 3.8) is 0 Å². The van der Waals surface area contributed by atoms with E-state index >= 15 is 0 Å². The molecule has 1 aromatic carbocycles. The zero-order valence-electron chi connectivity index (χ0n) is 25.7. The summed E-state index contributed by atoms with van der Waals surface area (Å²) in [7, 11) is -1.82. The molecule has 9 nitrogen and oxygen atoms in total. The molecule has 0 fully saturated rings. The van der Waals surface area contributed by atoms with Gasteiger partial charge in [0.25, 0.3) is 5.56 Å². The Morgan fingerprint density at radius 2 is 1.90 bits per heavy atom. The summed E-state index contributed by atoms with van der Waals surface area (Å²) in [5.74, 6) is 0.844. The van der Waals surface area contributed by atoms with Gasteiger partial charge < -0.3 is 14.8 Å². The summed E-state index contributed by atoms with van der Waals surface area (Å²) in [5, 5.41) is 14.4. The first kappa shape index (κ1) is 29.9. The summed E-state index contributed by atoms with van der Waals surface area (Å²) >= 11 is 0. The van der Waals surface area contributed by atoms with E-state index in [1.165, 1.54) is 15.8 Å². The molecular weight excluding hydrogens is 544 g/mol. The number of rotatable bonds is 8. The number of allylic oxidation sites excluding steroid dienone is 1. The van der Waals surface area contributed by atoms with Gasteiger partial charge >= 0.3 is 0 Å². The second-order valence-corrected chi connectivity index (χ2v) is 18.0. The highest BCUT2D eigenvalue weighted by Crippen LogP contribution is 2.39. The highest BCUT2D eigenvalue weighted by atomic mass is 28.4. The molecule has 222 valence electrons. The first-order valence-electron chi connectivity index (χ1n) is 14.5. The van der Waals surface area contributed by atoms with Gasteiger partial charge in [-0.2, -0.15) is 4.98 Å². The monoisotopic (exact) mass is 586 g/mol. The van der Waals surface area contributed by atoms with Crippen molar-refractivity contribution in [2.75, 3.05) is 5.32 Å². The Hall–Kier alpha value is -3.60. The largest absolute Gasteiger partial charge is 0.414 e. The third kappa shape index (κ3) is 5.84. The lowest BCUT2D eigenvalue weighted by Gasteiger charge is -2.40. The zero-order chi connectivity index (χ0) is 30.4. The standard InChI is InChI=1S/C32H42N6O3Si/c1-9-17-37-29(39)25-20-33-30(36-28(25)38(37)27-12-10-11-26(35-27)32(5,6)40)34-23-15-13-22-19-24(16-14-21(22)18-23)41-42(7,8)31(2,3)4/h9-13,15,18,20,24,40H,1,14,16-17,19H2,2-8H3,(H,33,34,36). The summed E-state index contributed by atoms with van der Waals surface area (Å²) in [6.45, 7) is 18.9. The summed E-state index contributed by atoms with van der Waals surface area (Å²) < 4.78 is 9.90. The Morgan fingerprint density at radius 1 is 1.14 bits per heavy atom. The van der Waals surface area contributed by atoms with E-state index in [2.05, 4.69) is 67.9 Å². The maximum atomic E-state index is 13.3. The van der Waals surface area contributed by atoms with Crippen molar-refractivity contribution in [2.24, 2.45) is 0 Å². The van der Waals surface area contributed by atoms with E-state index < -0.39 is 13.9 Å². The van der Waals surface area contributed by atoms with Crippen LogP contribution >= 0.6 is 0 Å². The zero-order valence-corrected chi connectivity index (χ0v) is 26.7. The van der Waals surface area contributed by atoms with Crippen LogP contribution in [0.25, 0.3) is 16.9 Å². The van der Waals surface area contributed by atoms with Gasteiger partial charge in [-0.05, 0) is 86.6 Å². The number of benzene rings is 1. The number of nitrogens with one attached hydrogen (secondary N) is 1. The molecule has 0 spiro atoms. The van der Waals surface area contributed by atoms with E-state index in [9.17, 15) is 9.90 Å². The molecule has 0 amide bonds. The smallest absolute Gasteiger partial charge is 0.278 e. The van der Waals surface area contributed by atoms with E-state index in [1.54, 1.807) is 49.0 Å². The molecule has 0 radical (unpaired) electrons.